The molecule has 0 saturated carbocycles. The lowest BCUT2D eigenvalue weighted by Gasteiger charge is -2.31. The number of pyridine rings is 1. The topological polar surface area (TPSA) is 106 Å². The third-order valence-electron chi connectivity index (χ3n) is 5.94. The van der Waals surface area contributed by atoms with Crippen LogP contribution in [0.3, 0.4) is 0 Å². The van der Waals surface area contributed by atoms with Crippen LogP contribution in [0.5, 0.6) is 5.75 Å². The molecule has 0 amide bonds. The van der Waals surface area contributed by atoms with Crippen LogP contribution in [0, 0.1) is 5.82 Å². The molecular weight excluding hydrogens is 435 g/mol. The molecule has 0 bridgehead atoms. The highest BCUT2D eigenvalue weighted by Gasteiger charge is 2.39. The maximum atomic E-state index is 15.5. The Labute approximate surface area is 196 Å². The molecule has 1 atom stereocenters. The number of hydrogen-bond donors (Lipinski definition) is 3. The van der Waals surface area contributed by atoms with Crippen molar-refractivity contribution in [3.8, 4) is 5.75 Å². The number of ketones is 1. The van der Waals surface area contributed by atoms with Crippen LogP contribution in [0.15, 0.2) is 65.9 Å². The van der Waals surface area contributed by atoms with Crippen LogP contribution in [-0.2, 0) is 4.79 Å². The van der Waals surface area contributed by atoms with Crippen molar-refractivity contribution in [3.05, 3.63) is 88.4 Å². The Balaban J connectivity index is 1.79. The SMILES string of the molecule is COc1c(NCCNc2ccccn2)c(F)c(N)c2c1C(c1ccccc1)C(C)=C(C=O)C2=O. The quantitative estimate of drug-likeness (QED) is 0.200. The summed E-state index contributed by atoms with van der Waals surface area (Å²) in [6.07, 6.45) is 2.18. The Bertz CT molecular complexity index is 1260. The monoisotopic (exact) mass is 460 g/mol. The summed E-state index contributed by atoms with van der Waals surface area (Å²) < 4.78 is 21.1. The molecule has 174 valence electrons. The van der Waals surface area contributed by atoms with E-state index in [1.165, 1.54) is 7.11 Å². The summed E-state index contributed by atoms with van der Waals surface area (Å²) >= 11 is 0. The van der Waals surface area contributed by atoms with E-state index in [1.54, 1.807) is 13.1 Å². The predicted molar refractivity (Wildman–Crippen MR) is 130 cm³/mol. The van der Waals surface area contributed by atoms with E-state index in [-0.39, 0.29) is 28.3 Å². The minimum atomic E-state index is -0.793. The fourth-order valence-electron chi connectivity index (χ4n) is 4.37. The van der Waals surface area contributed by atoms with Gasteiger partial charge in [-0.05, 0) is 30.2 Å². The summed E-state index contributed by atoms with van der Waals surface area (Å²) in [5.41, 5.74) is 7.70. The number of halogens is 1. The number of nitrogen functional groups attached to an aromatic ring is 1. The zero-order valence-corrected chi connectivity index (χ0v) is 18.9. The zero-order chi connectivity index (χ0) is 24.2. The highest BCUT2D eigenvalue weighted by atomic mass is 19.1. The van der Waals surface area contributed by atoms with Gasteiger partial charge in [-0.1, -0.05) is 36.4 Å². The number of aldehydes is 1. The second kappa shape index (κ2) is 9.74. The van der Waals surface area contributed by atoms with Crippen LogP contribution in [0.4, 0.5) is 21.6 Å². The van der Waals surface area contributed by atoms with E-state index in [0.717, 1.165) is 5.56 Å². The number of allylic oxidation sites excluding steroid dienone is 2. The Morgan fingerprint density at radius 3 is 2.47 bits per heavy atom. The van der Waals surface area contributed by atoms with Gasteiger partial charge in [0, 0.05) is 30.8 Å². The number of benzene rings is 2. The van der Waals surface area contributed by atoms with Crippen molar-refractivity contribution >= 4 is 29.3 Å². The molecule has 0 saturated heterocycles. The lowest BCUT2D eigenvalue weighted by atomic mass is 9.73. The standard InChI is InChI=1S/C26H25FN4O3/c1-15-17(14-32)25(33)21-20(19(15)16-8-4-3-5-9-16)26(34-2)24(22(27)23(21)28)31-13-12-30-18-10-6-7-11-29-18/h3-11,14,19,31H,12-13,28H2,1-2H3,(H,29,30). The van der Waals surface area contributed by atoms with Crippen molar-refractivity contribution in [1.29, 1.82) is 0 Å². The molecule has 3 aromatic rings. The number of nitrogens with zero attached hydrogens (tertiary/aromatic N) is 1. The smallest absolute Gasteiger partial charge is 0.198 e. The van der Waals surface area contributed by atoms with Crippen molar-refractivity contribution < 1.29 is 18.7 Å². The molecule has 2 aromatic carbocycles. The van der Waals surface area contributed by atoms with E-state index in [0.29, 0.717) is 36.3 Å². The Kier molecular flexibility index (Phi) is 6.58. The molecule has 0 aliphatic heterocycles. The van der Waals surface area contributed by atoms with Gasteiger partial charge in [0.2, 0.25) is 0 Å². The second-order valence-electron chi connectivity index (χ2n) is 7.88. The number of Topliss-reactive ketones (excluding diaryl/α,β-unsaturated/α-hetero) is 1. The fraction of sp³-hybridized carbons (Fsp3) is 0.192. The largest absolute Gasteiger partial charge is 0.494 e. The number of carbonyl (C=O) groups is 2. The average Bonchev–Trinajstić information content (AvgIpc) is 2.86. The van der Waals surface area contributed by atoms with Crippen LogP contribution in [0.25, 0.3) is 0 Å². The molecule has 1 aliphatic carbocycles. The van der Waals surface area contributed by atoms with Gasteiger partial charge in [-0.3, -0.25) is 9.59 Å². The molecule has 0 spiro atoms. The third-order valence-corrected chi connectivity index (χ3v) is 5.94. The van der Waals surface area contributed by atoms with E-state index in [4.69, 9.17) is 10.5 Å². The first-order valence-electron chi connectivity index (χ1n) is 10.8. The molecule has 7 nitrogen and oxygen atoms in total. The number of carbonyl (C=O) groups excluding carboxylic acids is 2. The van der Waals surface area contributed by atoms with Gasteiger partial charge in [0.1, 0.15) is 17.3 Å². The number of nitrogens with one attached hydrogen (secondary N) is 2. The molecule has 4 N–H and O–H groups in total. The first-order chi connectivity index (χ1) is 16.5. The molecule has 1 aromatic heterocycles. The maximum absolute atomic E-state index is 15.5. The summed E-state index contributed by atoms with van der Waals surface area (Å²) in [5.74, 6) is -1.02. The van der Waals surface area contributed by atoms with Crippen LogP contribution >= 0.6 is 0 Å². The van der Waals surface area contributed by atoms with Crippen molar-refractivity contribution in [2.24, 2.45) is 0 Å². The fourth-order valence-corrected chi connectivity index (χ4v) is 4.37. The molecule has 4 rings (SSSR count). The van der Waals surface area contributed by atoms with Gasteiger partial charge in [-0.2, -0.15) is 0 Å². The van der Waals surface area contributed by atoms with Crippen LogP contribution in [0.2, 0.25) is 0 Å². The minimum Gasteiger partial charge on any atom is -0.494 e. The molecule has 1 aliphatic rings. The molecule has 1 unspecified atom stereocenters. The van der Waals surface area contributed by atoms with Crippen molar-refractivity contribution in [1.82, 2.24) is 4.98 Å². The number of aromatic nitrogens is 1. The van der Waals surface area contributed by atoms with Gasteiger partial charge in [0.25, 0.3) is 0 Å². The Morgan fingerprint density at radius 1 is 1.12 bits per heavy atom. The Hall–Kier alpha value is -4.20. The molecule has 0 fully saturated rings. The lowest BCUT2D eigenvalue weighted by Crippen LogP contribution is -2.25. The number of anilines is 3. The molecule has 0 radical (unpaired) electrons. The number of rotatable bonds is 8. The number of nitrogens with two attached hydrogens (primary N) is 1. The Morgan fingerprint density at radius 2 is 1.82 bits per heavy atom. The minimum absolute atomic E-state index is 0.0187. The van der Waals surface area contributed by atoms with E-state index in [2.05, 4.69) is 15.6 Å². The van der Waals surface area contributed by atoms with E-state index >= 15 is 4.39 Å². The first kappa shape index (κ1) is 23.0. The summed E-state index contributed by atoms with van der Waals surface area (Å²) in [5, 5.41) is 6.20. The summed E-state index contributed by atoms with van der Waals surface area (Å²) in [4.78, 5) is 29.2. The maximum Gasteiger partial charge on any atom is 0.198 e. The molecule has 34 heavy (non-hydrogen) atoms. The number of methoxy groups -OCH3 is 1. The van der Waals surface area contributed by atoms with E-state index in [1.807, 2.05) is 48.5 Å². The van der Waals surface area contributed by atoms with Crippen LogP contribution < -0.4 is 21.1 Å². The van der Waals surface area contributed by atoms with Crippen molar-refractivity contribution in [2.45, 2.75) is 12.8 Å². The van der Waals surface area contributed by atoms with Crippen molar-refractivity contribution in [2.75, 3.05) is 36.6 Å². The van der Waals surface area contributed by atoms with Gasteiger partial charge >= 0.3 is 0 Å². The third kappa shape index (κ3) is 3.98. The van der Waals surface area contributed by atoms with Crippen LogP contribution in [-0.4, -0.2) is 37.3 Å². The van der Waals surface area contributed by atoms with Crippen LogP contribution in [0.1, 0.15) is 34.3 Å². The normalized spacial score (nSPS) is 15.0. The van der Waals surface area contributed by atoms with Gasteiger partial charge in [-0.25, -0.2) is 9.37 Å². The summed E-state index contributed by atoms with van der Waals surface area (Å²) in [7, 11) is 1.42. The molecule has 8 heteroatoms. The van der Waals surface area contributed by atoms with Gasteiger partial charge in [-0.15, -0.1) is 0 Å². The second-order valence-corrected chi connectivity index (χ2v) is 7.88. The van der Waals surface area contributed by atoms with E-state index in [9.17, 15) is 9.59 Å². The van der Waals surface area contributed by atoms with E-state index < -0.39 is 17.5 Å². The highest BCUT2D eigenvalue weighted by Crippen LogP contribution is 2.50. The molecule has 1 heterocycles. The predicted octanol–water partition coefficient (Wildman–Crippen LogP) is 4.18. The highest BCUT2D eigenvalue weighted by molar-refractivity contribution is 6.25. The van der Waals surface area contributed by atoms with Gasteiger partial charge in [0.05, 0.1) is 23.9 Å². The zero-order valence-electron chi connectivity index (χ0n) is 18.9. The van der Waals surface area contributed by atoms with Gasteiger partial charge in [0.15, 0.2) is 17.9 Å². The van der Waals surface area contributed by atoms with Gasteiger partial charge < -0.3 is 21.1 Å². The summed E-state index contributed by atoms with van der Waals surface area (Å²) in [6, 6.07) is 14.9. The van der Waals surface area contributed by atoms with Crippen molar-refractivity contribution in [3.63, 3.8) is 0 Å². The number of fused-ring (bicyclic) bond motifs is 1. The molecular formula is C26H25FN4O3. The first-order valence-corrected chi connectivity index (χ1v) is 10.8. The number of hydrogen-bond acceptors (Lipinski definition) is 7. The average molecular weight is 461 g/mol. The number of ether oxygens (including phenoxy) is 1. The lowest BCUT2D eigenvalue weighted by molar-refractivity contribution is -0.104. The summed E-state index contributed by atoms with van der Waals surface area (Å²) in [6.45, 7) is 2.51.